The maximum absolute atomic E-state index is 12.1. The smallest absolute Gasteiger partial charge is 0.324 e. The summed E-state index contributed by atoms with van der Waals surface area (Å²) in [6.07, 6.45) is 11.7. The molecule has 0 amide bonds. The zero-order valence-corrected chi connectivity index (χ0v) is 36.6. The van der Waals surface area contributed by atoms with Gasteiger partial charge < -0.3 is 19.7 Å². The van der Waals surface area contributed by atoms with E-state index in [-0.39, 0.29) is 23.7 Å². The summed E-state index contributed by atoms with van der Waals surface area (Å²) in [5.74, 6) is -0.363. The number of unbranched alkanes of at least 4 members (excludes halogenated alkanes) is 3. The number of nitriles is 2. The summed E-state index contributed by atoms with van der Waals surface area (Å²) in [6, 6.07) is 36.7. The maximum atomic E-state index is 12.1. The molecule has 0 heterocycles. The highest BCUT2D eigenvalue weighted by Gasteiger charge is 2.53. The van der Waals surface area contributed by atoms with Crippen LogP contribution in [0.1, 0.15) is 134 Å². The number of nitrogens with zero attached hydrogens (tertiary/aromatic N) is 2. The van der Waals surface area contributed by atoms with Crippen LogP contribution in [-0.2, 0) is 9.59 Å². The minimum Gasteiger partial charge on any atom is -0.494 e. The number of rotatable bonds is 17. The van der Waals surface area contributed by atoms with Gasteiger partial charge in [0.1, 0.15) is 11.5 Å². The number of ether oxygens (including phenoxy) is 2. The Morgan fingerprint density at radius 2 is 0.902 bits per heavy atom. The normalized spacial score (nSPS) is 23.3. The first kappa shape index (κ1) is 46.5. The first-order valence-electron chi connectivity index (χ1n) is 22.6. The summed E-state index contributed by atoms with van der Waals surface area (Å²) in [4.78, 5) is 24.3. The summed E-state index contributed by atoms with van der Waals surface area (Å²) in [5, 5.41) is 39.6. The Morgan fingerprint density at radius 3 is 1.21 bits per heavy atom. The average Bonchev–Trinajstić information content (AvgIpc) is 3.30. The highest BCUT2D eigenvalue weighted by atomic mass is 16.5. The second kappa shape index (κ2) is 22.3. The predicted molar refractivity (Wildman–Crippen MR) is 241 cm³/mol. The van der Waals surface area contributed by atoms with Gasteiger partial charge in [-0.15, -0.1) is 0 Å². The van der Waals surface area contributed by atoms with Crippen molar-refractivity contribution >= 4 is 11.9 Å². The lowest BCUT2D eigenvalue weighted by Crippen LogP contribution is -2.42. The van der Waals surface area contributed by atoms with E-state index in [1.807, 2.05) is 84.9 Å². The highest BCUT2D eigenvalue weighted by Crippen LogP contribution is 2.53. The van der Waals surface area contributed by atoms with Gasteiger partial charge in [0.15, 0.2) is 10.8 Å². The van der Waals surface area contributed by atoms with E-state index < -0.39 is 22.8 Å². The molecule has 6 unspecified atom stereocenters. The number of carboxylic acids is 2. The Hall–Kier alpha value is -5.60. The molecular formula is C53H64N2O6. The minimum atomic E-state index is -1.34. The number of hydrogen-bond donors (Lipinski definition) is 2. The third kappa shape index (κ3) is 10.8. The fourth-order valence-electron chi connectivity index (χ4n) is 9.68. The lowest BCUT2D eigenvalue weighted by Gasteiger charge is -2.41. The SMILES string of the molecule is CCCCCOc1ccc(-c2ccc(C3C(CC)CCCC3(C#N)C(=O)O)cc2)cc1.CCCCOc1ccc(-c2ccc(C3C(CC)CCCC3(C#N)C(=O)O)cc2)cc1. The topological polar surface area (TPSA) is 141 Å². The van der Waals surface area contributed by atoms with E-state index >= 15 is 0 Å². The van der Waals surface area contributed by atoms with Crippen LogP contribution < -0.4 is 9.47 Å². The van der Waals surface area contributed by atoms with Crippen LogP contribution >= 0.6 is 0 Å². The average molecular weight is 825 g/mol. The van der Waals surface area contributed by atoms with E-state index in [0.29, 0.717) is 12.8 Å². The van der Waals surface area contributed by atoms with Crippen molar-refractivity contribution in [3.05, 3.63) is 108 Å². The molecule has 322 valence electrons. The molecule has 2 fully saturated rings. The first-order valence-corrected chi connectivity index (χ1v) is 22.6. The van der Waals surface area contributed by atoms with E-state index in [2.05, 4.69) is 52.0 Å². The second-order valence-corrected chi connectivity index (χ2v) is 16.9. The van der Waals surface area contributed by atoms with Crippen molar-refractivity contribution in [2.24, 2.45) is 22.7 Å². The van der Waals surface area contributed by atoms with Crippen molar-refractivity contribution in [3.63, 3.8) is 0 Å². The van der Waals surface area contributed by atoms with Crippen molar-refractivity contribution < 1.29 is 29.3 Å². The molecule has 0 radical (unpaired) electrons. The van der Waals surface area contributed by atoms with Gasteiger partial charge in [0.05, 0.1) is 25.4 Å². The number of benzene rings is 4. The van der Waals surface area contributed by atoms with Gasteiger partial charge in [-0.05, 0) is 108 Å². The molecule has 2 saturated carbocycles. The molecule has 8 heteroatoms. The van der Waals surface area contributed by atoms with Gasteiger partial charge in [-0.1, -0.05) is 145 Å². The molecular weight excluding hydrogens is 761 g/mol. The van der Waals surface area contributed by atoms with E-state index in [9.17, 15) is 30.3 Å². The van der Waals surface area contributed by atoms with E-state index in [0.717, 1.165) is 116 Å². The summed E-state index contributed by atoms with van der Waals surface area (Å²) >= 11 is 0. The standard InChI is InChI=1S/C27H33NO3.C26H31NO3/c1-3-5-6-18-31-24-15-13-22(14-16-24)21-9-11-23(12-10-21)25-20(4-2)8-7-17-27(25,19-28)26(29)30;1-3-5-17-30-23-14-12-21(13-15-23)20-8-10-22(11-9-20)24-19(4-2)7-6-16-26(24,18-27)25(28)29/h9-16,20,25H,3-8,17-18H2,1-2H3,(H,29,30);8-15,19,24H,3-7,16-17H2,1-2H3,(H,28,29). The molecule has 4 aromatic carbocycles. The molecule has 2 N–H and O–H groups in total. The molecule has 6 rings (SSSR count). The van der Waals surface area contributed by atoms with Gasteiger partial charge >= 0.3 is 11.9 Å². The Labute approximate surface area is 363 Å². The molecule has 6 atom stereocenters. The molecule has 8 nitrogen and oxygen atoms in total. The third-order valence-corrected chi connectivity index (χ3v) is 13.2. The summed E-state index contributed by atoms with van der Waals surface area (Å²) in [7, 11) is 0. The van der Waals surface area contributed by atoms with Crippen LogP contribution in [0, 0.1) is 45.3 Å². The molecule has 0 aliphatic heterocycles. The monoisotopic (exact) mass is 824 g/mol. The number of hydrogen-bond acceptors (Lipinski definition) is 6. The Kier molecular flexibility index (Phi) is 17.0. The fourth-order valence-corrected chi connectivity index (χ4v) is 9.68. The quantitative estimate of drug-likeness (QED) is 0.100. The van der Waals surface area contributed by atoms with Gasteiger partial charge in [-0.2, -0.15) is 10.5 Å². The zero-order chi connectivity index (χ0) is 43.8. The predicted octanol–water partition coefficient (Wildman–Crippen LogP) is 13.2. The van der Waals surface area contributed by atoms with E-state index in [4.69, 9.17) is 9.47 Å². The Bertz CT molecular complexity index is 2080. The number of carboxylic acid groups (broad SMARTS) is 2. The highest BCUT2D eigenvalue weighted by molar-refractivity contribution is 5.81. The van der Waals surface area contributed by atoms with Crippen LogP contribution in [0.5, 0.6) is 11.5 Å². The molecule has 61 heavy (non-hydrogen) atoms. The van der Waals surface area contributed by atoms with Crippen LogP contribution in [0.15, 0.2) is 97.1 Å². The van der Waals surface area contributed by atoms with Crippen LogP contribution in [-0.4, -0.2) is 35.4 Å². The van der Waals surface area contributed by atoms with Crippen LogP contribution in [0.25, 0.3) is 22.3 Å². The van der Waals surface area contributed by atoms with Crippen molar-refractivity contribution in [1.29, 1.82) is 10.5 Å². The van der Waals surface area contributed by atoms with Gasteiger partial charge in [-0.25, -0.2) is 0 Å². The first-order chi connectivity index (χ1) is 29.6. The van der Waals surface area contributed by atoms with E-state index in [1.165, 1.54) is 12.8 Å². The largest absolute Gasteiger partial charge is 0.494 e. The minimum absolute atomic E-state index is 0.208. The van der Waals surface area contributed by atoms with Crippen LogP contribution in [0.2, 0.25) is 0 Å². The van der Waals surface area contributed by atoms with Gasteiger partial charge in [0.25, 0.3) is 0 Å². The van der Waals surface area contributed by atoms with Gasteiger partial charge in [0, 0.05) is 11.8 Å². The zero-order valence-electron chi connectivity index (χ0n) is 36.6. The Morgan fingerprint density at radius 1 is 0.557 bits per heavy atom. The molecule has 0 saturated heterocycles. The molecule has 4 aromatic rings. The Balaban J connectivity index is 0.000000231. The van der Waals surface area contributed by atoms with Crippen molar-refractivity contribution in [3.8, 4) is 45.9 Å². The molecule has 2 aliphatic carbocycles. The van der Waals surface area contributed by atoms with Gasteiger partial charge in [0.2, 0.25) is 0 Å². The van der Waals surface area contributed by atoms with Crippen LogP contribution in [0.3, 0.4) is 0 Å². The van der Waals surface area contributed by atoms with E-state index in [1.54, 1.807) is 0 Å². The van der Waals surface area contributed by atoms with Crippen LogP contribution in [0.4, 0.5) is 0 Å². The lowest BCUT2D eigenvalue weighted by atomic mass is 9.59. The molecule has 2 aliphatic rings. The summed E-state index contributed by atoms with van der Waals surface area (Å²) in [5.41, 5.74) is 3.56. The third-order valence-electron chi connectivity index (χ3n) is 13.2. The van der Waals surface area contributed by atoms with Crippen molar-refractivity contribution in [2.75, 3.05) is 13.2 Å². The molecule has 0 aromatic heterocycles. The summed E-state index contributed by atoms with van der Waals surface area (Å²) < 4.78 is 11.5. The second-order valence-electron chi connectivity index (χ2n) is 16.9. The molecule has 0 spiro atoms. The molecule has 0 bridgehead atoms. The van der Waals surface area contributed by atoms with Crippen molar-refractivity contribution in [2.45, 2.75) is 123 Å². The summed E-state index contributed by atoms with van der Waals surface area (Å²) in [6.45, 7) is 9.97. The van der Waals surface area contributed by atoms with Crippen molar-refractivity contribution in [1.82, 2.24) is 0 Å². The lowest BCUT2D eigenvalue weighted by molar-refractivity contribution is -0.150. The van der Waals surface area contributed by atoms with Gasteiger partial charge in [-0.3, -0.25) is 9.59 Å². The maximum Gasteiger partial charge on any atom is 0.324 e. The number of aliphatic carboxylic acids is 2. The number of carbonyl (C=O) groups is 2. The fraction of sp³-hybridized carbons (Fsp3) is 0.472.